The minimum atomic E-state index is -0.598. The monoisotopic (exact) mass is 345 g/mol. The van der Waals surface area contributed by atoms with Crippen molar-refractivity contribution >= 4 is 16.7 Å². The molecule has 4 aromatic rings. The smallest absolute Gasteiger partial charge is 0.130 e. The molecule has 0 amide bonds. The van der Waals surface area contributed by atoms with Gasteiger partial charge >= 0.3 is 0 Å². The number of aliphatic hydroxyl groups excluding tert-OH is 1. The Morgan fingerprint density at radius 3 is 2.77 bits per heavy atom. The van der Waals surface area contributed by atoms with E-state index in [0.717, 1.165) is 33.4 Å². The van der Waals surface area contributed by atoms with Gasteiger partial charge in [0.25, 0.3) is 0 Å². The lowest BCUT2D eigenvalue weighted by Gasteiger charge is -2.13. The third-order valence-corrected chi connectivity index (χ3v) is 4.38. The minimum Gasteiger partial charge on any atom is -0.387 e. The van der Waals surface area contributed by atoms with E-state index in [4.69, 9.17) is 0 Å². The summed E-state index contributed by atoms with van der Waals surface area (Å²) in [7, 11) is 0. The fourth-order valence-electron chi connectivity index (χ4n) is 2.92. The van der Waals surface area contributed by atoms with E-state index in [1.54, 1.807) is 0 Å². The molecule has 2 aromatic heterocycles. The van der Waals surface area contributed by atoms with Gasteiger partial charge in [-0.25, -0.2) is 9.97 Å². The first-order valence-electron chi connectivity index (χ1n) is 8.45. The summed E-state index contributed by atoms with van der Waals surface area (Å²) in [6, 6.07) is 17.5. The lowest BCUT2D eigenvalue weighted by atomic mass is 10.1. The fraction of sp³-hybridized carbons (Fsp3) is 0.150. The summed E-state index contributed by atoms with van der Waals surface area (Å²) in [5.41, 5.74) is 4.62. The molecule has 0 bridgehead atoms. The number of aryl methyl sites for hydroxylation is 1. The Morgan fingerprint density at radius 1 is 1.08 bits per heavy atom. The number of H-pyrrole nitrogens is 1. The molecule has 3 N–H and O–H groups in total. The van der Waals surface area contributed by atoms with Crippen LogP contribution in [0.25, 0.3) is 22.2 Å². The molecule has 2 aromatic carbocycles. The maximum absolute atomic E-state index is 10.3. The predicted octanol–water partition coefficient (Wildman–Crippen LogP) is 3.47. The Balaban J connectivity index is 1.52. The Hall–Kier alpha value is -3.25. The van der Waals surface area contributed by atoms with Gasteiger partial charge in [0.2, 0.25) is 0 Å². The molecule has 26 heavy (non-hydrogen) atoms. The van der Waals surface area contributed by atoms with Crippen molar-refractivity contribution < 1.29 is 5.11 Å². The van der Waals surface area contributed by atoms with Crippen molar-refractivity contribution in [2.45, 2.75) is 13.0 Å². The SMILES string of the molecule is Cc1n[nH]c2cc(-c3cc(NCC(O)c4ccccc4)ncn3)ccc12. The molecule has 1 atom stereocenters. The van der Waals surface area contributed by atoms with E-state index in [1.165, 1.54) is 6.33 Å². The van der Waals surface area contributed by atoms with Gasteiger partial charge in [0.15, 0.2) is 0 Å². The molecule has 130 valence electrons. The number of hydrogen-bond donors (Lipinski definition) is 3. The molecule has 0 spiro atoms. The number of aliphatic hydroxyl groups is 1. The molecule has 0 aliphatic rings. The highest BCUT2D eigenvalue weighted by atomic mass is 16.3. The average molecular weight is 345 g/mol. The van der Waals surface area contributed by atoms with Gasteiger partial charge in [-0.1, -0.05) is 42.5 Å². The first kappa shape index (κ1) is 16.2. The molecule has 0 saturated heterocycles. The van der Waals surface area contributed by atoms with Crippen molar-refractivity contribution in [1.29, 1.82) is 0 Å². The standard InChI is InChI=1S/C20H19N5O/c1-13-16-8-7-15(9-18(16)25-24-13)17-10-20(23-12-22-17)21-11-19(26)14-5-3-2-4-6-14/h2-10,12,19,26H,11H2,1H3,(H,24,25)(H,21,22,23). The summed E-state index contributed by atoms with van der Waals surface area (Å²) in [4.78, 5) is 8.60. The highest BCUT2D eigenvalue weighted by Gasteiger charge is 2.09. The quantitative estimate of drug-likeness (QED) is 0.515. The van der Waals surface area contributed by atoms with Crippen LogP contribution in [0.5, 0.6) is 0 Å². The molecule has 6 nitrogen and oxygen atoms in total. The number of nitrogens with zero attached hydrogens (tertiary/aromatic N) is 3. The number of anilines is 1. The average Bonchev–Trinajstić information content (AvgIpc) is 3.07. The van der Waals surface area contributed by atoms with E-state index in [-0.39, 0.29) is 0 Å². The maximum atomic E-state index is 10.3. The second-order valence-electron chi connectivity index (χ2n) is 6.17. The van der Waals surface area contributed by atoms with Crippen molar-refractivity contribution in [1.82, 2.24) is 20.2 Å². The predicted molar refractivity (Wildman–Crippen MR) is 102 cm³/mol. The summed E-state index contributed by atoms with van der Waals surface area (Å²) in [6.07, 6.45) is 0.925. The summed E-state index contributed by atoms with van der Waals surface area (Å²) >= 11 is 0. The molecule has 0 fully saturated rings. The Bertz CT molecular complexity index is 1030. The van der Waals surface area contributed by atoms with Crippen LogP contribution < -0.4 is 5.32 Å². The Labute approximate surface area is 151 Å². The molecule has 0 aliphatic heterocycles. The van der Waals surface area contributed by atoms with Gasteiger partial charge in [-0.3, -0.25) is 5.10 Å². The van der Waals surface area contributed by atoms with Gasteiger partial charge in [-0.05, 0) is 18.6 Å². The zero-order chi connectivity index (χ0) is 17.9. The van der Waals surface area contributed by atoms with E-state index in [0.29, 0.717) is 12.4 Å². The molecule has 6 heteroatoms. The van der Waals surface area contributed by atoms with Gasteiger partial charge in [-0.15, -0.1) is 0 Å². The topological polar surface area (TPSA) is 86.7 Å². The van der Waals surface area contributed by atoms with Crippen molar-refractivity contribution in [2.75, 3.05) is 11.9 Å². The molecule has 0 saturated carbocycles. The van der Waals surface area contributed by atoms with Crippen LogP contribution in [-0.2, 0) is 0 Å². The number of hydrogen-bond acceptors (Lipinski definition) is 5. The zero-order valence-electron chi connectivity index (χ0n) is 14.3. The number of aromatic nitrogens is 4. The van der Waals surface area contributed by atoms with Crippen LogP contribution in [0, 0.1) is 6.92 Å². The van der Waals surface area contributed by atoms with E-state index < -0.39 is 6.10 Å². The summed E-state index contributed by atoms with van der Waals surface area (Å²) in [5.74, 6) is 0.672. The van der Waals surface area contributed by atoms with Crippen LogP contribution >= 0.6 is 0 Å². The fourth-order valence-corrected chi connectivity index (χ4v) is 2.92. The van der Waals surface area contributed by atoms with Gasteiger partial charge < -0.3 is 10.4 Å². The van der Waals surface area contributed by atoms with Crippen molar-refractivity contribution in [3.63, 3.8) is 0 Å². The molecule has 0 radical (unpaired) electrons. The van der Waals surface area contributed by atoms with Gasteiger partial charge in [-0.2, -0.15) is 5.10 Å². The first-order valence-corrected chi connectivity index (χ1v) is 8.45. The number of aromatic amines is 1. The lowest BCUT2D eigenvalue weighted by molar-refractivity contribution is 0.191. The number of nitrogens with one attached hydrogen (secondary N) is 2. The molecule has 1 unspecified atom stereocenters. The lowest BCUT2D eigenvalue weighted by Crippen LogP contribution is -2.13. The summed E-state index contributed by atoms with van der Waals surface area (Å²) in [6.45, 7) is 2.35. The van der Waals surface area contributed by atoms with Crippen LogP contribution in [0.1, 0.15) is 17.4 Å². The van der Waals surface area contributed by atoms with Gasteiger partial charge in [0, 0.05) is 23.6 Å². The second-order valence-corrected chi connectivity index (χ2v) is 6.17. The first-order chi connectivity index (χ1) is 12.7. The summed E-state index contributed by atoms with van der Waals surface area (Å²) in [5, 5.41) is 21.8. The normalized spacial score (nSPS) is 12.2. The van der Waals surface area contributed by atoms with Crippen LogP contribution in [0.15, 0.2) is 60.9 Å². The van der Waals surface area contributed by atoms with E-state index in [1.807, 2.05) is 61.5 Å². The molecule has 4 rings (SSSR count). The largest absolute Gasteiger partial charge is 0.387 e. The van der Waals surface area contributed by atoms with Crippen LogP contribution in [0.3, 0.4) is 0 Å². The van der Waals surface area contributed by atoms with Crippen molar-refractivity contribution in [3.05, 3.63) is 72.2 Å². The van der Waals surface area contributed by atoms with Gasteiger partial charge in [0.1, 0.15) is 12.1 Å². The van der Waals surface area contributed by atoms with Crippen LogP contribution in [0.2, 0.25) is 0 Å². The third kappa shape index (κ3) is 3.27. The van der Waals surface area contributed by atoms with Crippen LogP contribution in [0.4, 0.5) is 5.82 Å². The molecule has 2 heterocycles. The Kier molecular flexibility index (Phi) is 4.33. The van der Waals surface area contributed by atoms with Crippen molar-refractivity contribution in [3.8, 4) is 11.3 Å². The van der Waals surface area contributed by atoms with Gasteiger partial charge in [0.05, 0.1) is 23.0 Å². The highest BCUT2D eigenvalue weighted by molar-refractivity contribution is 5.85. The molecule has 0 aliphatic carbocycles. The third-order valence-electron chi connectivity index (χ3n) is 4.38. The van der Waals surface area contributed by atoms with Crippen LogP contribution in [-0.4, -0.2) is 31.8 Å². The minimum absolute atomic E-state index is 0.374. The molecular formula is C20H19N5O. The highest BCUT2D eigenvalue weighted by Crippen LogP contribution is 2.24. The van der Waals surface area contributed by atoms with E-state index in [2.05, 4.69) is 25.5 Å². The zero-order valence-corrected chi connectivity index (χ0v) is 14.3. The van der Waals surface area contributed by atoms with E-state index >= 15 is 0 Å². The number of rotatable bonds is 5. The second kappa shape index (κ2) is 6.93. The number of fused-ring (bicyclic) bond motifs is 1. The van der Waals surface area contributed by atoms with E-state index in [9.17, 15) is 5.11 Å². The molecular weight excluding hydrogens is 326 g/mol. The number of benzene rings is 2. The maximum Gasteiger partial charge on any atom is 0.130 e. The Morgan fingerprint density at radius 2 is 1.92 bits per heavy atom. The van der Waals surface area contributed by atoms with Crippen molar-refractivity contribution in [2.24, 2.45) is 0 Å². The summed E-state index contributed by atoms with van der Waals surface area (Å²) < 4.78 is 0.